The summed E-state index contributed by atoms with van der Waals surface area (Å²) in [5.41, 5.74) is 5.83. The van der Waals surface area contributed by atoms with Crippen molar-refractivity contribution in [3.05, 3.63) is 18.7 Å². The van der Waals surface area contributed by atoms with Crippen molar-refractivity contribution in [2.45, 2.75) is 26.3 Å². The summed E-state index contributed by atoms with van der Waals surface area (Å²) in [7, 11) is 0. The average Bonchev–Trinajstić information content (AvgIpc) is 2.65. The fraction of sp³-hybridized carbons (Fsp3) is 0.417. The molecule has 0 aliphatic heterocycles. The lowest BCUT2D eigenvalue weighted by Gasteiger charge is -2.15. The number of nitrogens with two attached hydrogens (primary N) is 1. The molecular formula is C12H14Br2N2O4S. The Morgan fingerprint density at radius 2 is 2.00 bits per heavy atom. The Labute approximate surface area is 142 Å². The summed E-state index contributed by atoms with van der Waals surface area (Å²) in [6.07, 6.45) is -0.308. The minimum atomic E-state index is -1.09. The molecule has 0 aromatic carbocycles. The van der Waals surface area contributed by atoms with E-state index in [0.29, 0.717) is 4.88 Å². The highest BCUT2D eigenvalue weighted by molar-refractivity contribution is 9.13. The Kier molecular flexibility index (Phi) is 6.82. The molecule has 1 heterocycles. The minimum absolute atomic E-state index is 0.152. The van der Waals surface area contributed by atoms with E-state index in [2.05, 4.69) is 37.2 Å². The van der Waals surface area contributed by atoms with Gasteiger partial charge in [-0.25, -0.2) is 4.79 Å². The van der Waals surface area contributed by atoms with Crippen LogP contribution in [0.5, 0.6) is 0 Å². The molecule has 1 unspecified atom stereocenters. The number of esters is 1. The van der Waals surface area contributed by atoms with Gasteiger partial charge in [-0.15, -0.1) is 11.3 Å². The molecule has 0 saturated carbocycles. The molecule has 1 atom stereocenters. The number of carbonyl (C=O) groups excluding carboxylic acids is 3. The highest BCUT2D eigenvalue weighted by Gasteiger charge is 2.26. The zero-order valence-electron chi connectivity index (χ0n) is 11.4. The van der Waals surface area contributed by atoms with Crippen LogP contribution in [0.4, 0.5) is 0 Å². The van der Waals surface area contributed by atoms with E-state index < -0.39 is 23.8 Å². The maximum atomic E-state index is 12.2. The van der Waals surface area contributed by atoms with E-state index in [0.717, 1.165) is 13.8 Å². The summed E-state index contributed by atoms with van der Waals surface area (Å²) in [5.74, 6) is -1.83. The number of primary amides is 1. The van der Waals surface area contributed by atoms with E-state index in [4.69, 9.17) is 10.5 Å². The molecule has 0 aliphatic carbocycles. The molecule has 0 fully saturated rings. The second kappa shape index (κ2) is 7.90. The summed E-state index contributed by atoms with van der Waals surface area (Å²) in [6, 6.07) is -1.09. The van der Waals surface area contributed by atoms with Crippen LogP contribution in [-0.2, 0) is 14.3 Å². The molecule has 3 N–H and O–H groups in total. The summed E-state index contributed by atoms with van der Waals surface area (Å²) in [5, 5.41) is 2.49. The van der Waals surface area contributed by atoms with Crippen LogP contribution in [0, 0.1) is 6.92 Å². The molecule has 2 amide bonds. The van der Waals surface area contributed by atoms with E-state index in [1.165, 1.54) is 11.3 Å². The number of ether oxygens (including phenoxy) is 1. The van der Waals surface area contributed by atoms with Crippen LogP contribution < -0.4 is 11.1 Å². The highest BCUT2D eigenvalue weighted by atomic mass is 79.9. The number of amides is 2. The highest BCUT2D eigenvalue weighted by Crippen LogP contribution is 2.36. The second-order valence-electron chi connectivity index (χ2n) is 4.09. The monoisotopic (exact) mass is 440 g/mol. The molecule has 9 heteroatoms. The molecule has 0 saturated heterocycles. The largest absolute Gasteiger partial charge is 0.464 e. The van der Waals surface area contributed by atoms with Crippen LogP contribution in [0.15, 0.2) is 8.26 Å². The zero-order chi connectivity index (χ0) is 16.2. The number of thiophene rings is 1. The topological polar surface area (TPSA) is 98.5 Å². The first kappa shape index (κ1) is 18.1. The maximum Gasteiger partial charge on any atom is 0.329 e. The van der Waals surface area contributed by atoms with Gasteiger partial charge in [0.2, 0.25) is 5.91 Å². The third kappa shape index (κ3) is 4.79. The van der Waals surface area contributed by atoms with Crippen LogP contribution in [0.25, 0.3) is 0 Å². The van der Waals surface area contributed by atoms with E-state index in [1.54, 1.807) is 13.8 Å². The molecule has 1 aromatic rings. The number of halogens is 2. The fourth-order valence-corrected chi connectivity index (χ4v) is 3.72. The number of carbonyl (C=O) groups is 3. The van der Waals surface area contributed by atoms with Gasteiger partial charge in [0.1, 0.15) is 6.04 Å². The first-order valence-corrected chi connectivity index (χ1v) is 8.38. The molecule has 1 rings (SSSR count). The number of rotatable bonds is 6. The van der Waals surface area contributed by atoms with Crippen molar-refractivity contribution < 1.29 is 19.1 Å². The molecule has 1 aromatic heterocycles. The summed E-state index contributed by atoms with van der Waals surface area (Å²) < 4.78 is 6.37. The van der Waals surface area contributed by atoms with Crippen molar-refractivity contribution in [3.63, 3.8) is 0 Å². The van der Waals surface area contributed by atoms with Gasteiger partial charge >= 0.3 is 5.97 Å². The molecular weight excluding hydrogens is 428 g/mol. The Bertz CT molecular complexity index is 574. The van der Waals surface area contributed by atoms with Crippen molar-refractivity contribution >= 4 is 61.0 Å². The molecule has 6 nitrogen and oxygen atoms in total. The van der Waals surface area contributed by atoms with E-state index >= 15 is 0 Å². The normalized spacial score (nSPS) is 11.8. The molecule has 21 heavy (non-hydrogen) atoms. The lowest BCUT2D eigenvalue weighted by Crippen LogP contribution is -2.44. The SMILES string of the molecule is CCOC(=O)C(CC(N)=O)NC(=O)c1sc(Br)c(Br)c1C. The fourth-order valence-electron chi connectivity index (χ4n) is 1.54. The summed E-state index contributed by atoms with van der Waals surface area (Å²) >= 11 is 7.89. The van der Waals surface area contributed by atoms with Crippen molar-refractivity contribution in [2.24, 2.45) is 5.73 Å². The van der Waals surface area contributed by atoms with E-state index in [-0.39, 0.29) is 13.0 Å². The lowest BCUT2D eigenvalue weighted by atomic mass is 10.2. The van der Waals surface area contributed by atoms with Gasteiger partial charge in [-0.1, -0.05) is 0 Å². The van der Waals surface area contributed by atoms with Gasteiger partial charge < -0.3 is 15.8 Å². The molecule has 0 aliphatic rings. The summed E-state index contributed by atoms with van der Waals surface area (Å²) in [4.78, 5) is 35.4. The van der Waals surface area contributed by atoms with Gasteiger partial charge in [-0.05, 0) is 51.3 Å². The lowest BCUT2D eigenvalue weighted by molar-refractivity contribution is -0.146. The van der Waals surface area contributed by atoms with Crippen LogP contribution in [0.2, 0.25) is 0 Å². The zero-order valence-corrected chi connectivity index (χ0v) is 15.4. The van der Waals surface area contributed by atoms with E-state index in [1.807, 2.05) is 0 Å². The van der Waals surface area contributed by atoms with Crippen LogP contribution >= 0.6 is 43.2 Å². The third-order valence-corrected chi connectivity index (χ3v) is 6.27. The Morgan fingerprint density at radius 1 is 1.38 bits per heavy atom. The predicted molar refractivity (Wildman–Crippen MR) is 86.2 cm³/mol. The average molecular weight is 442 g/mol. The van der Waals surface area contributed by atoms with Crippen molar-refractivity contribution in [1.82, 2.24) is 5.32 Å². The Balaban J connectivity index is 2.91. The smallest absolute Gasteiger partial charge is 0.329 e. The third-order valence-electron chi connectivity index (χ3n) is 2.52. The maximum absolute atomic E-state index is 12.2. The van der Waals surface area contributed by atoms with Gasteiger partial charge in [0.05, 0.1) is 21.7 Å². The van der Waals surface area contributed by atoms with Crippen molar-refractivity contribution in [3.8, 4) is 0 Å². The van der Waals surface area contributed by atoms with Gasteiger partial charge in [0.15, 0.2) is 0 Å². The number of hydrogen-bond donors (Lipinski definition) is 2. The predicted octanol–water partition coefficient (Wildman–Crippen LogP) is 2.12. The standard InChI is InChI=1S/C12H14Br2N2O4S/c1-3-20-12(19)6(4-7(15)17)16-11(18)9-5(2)8(13)10(14)21-9/h6H,3-4H2,1-2H3,(H2,15,17)(H,16,18). The molecule has 0 radical (unpaired) electrons. The second-order valence-corrected chi connectivity index (χ2v) is 7.22. The minimum Gasteiger partial charge on any atom is -0.464 e. The van der Waals surface area contributed by atoms with Crippen molar-refractivity contribution in [1.29, 1.82) is 0 Å². The molecule has 0 bridgehead atoms. The van der Waals surface area contributed by atoms with Gasteiger partial charge in [0.25, 0.3) is 5.91 Å². The first-order valence-electron chi connectivity index (χ1n) is 5.98. The number of hydrogen-bond acceptors (Lipinski definition) is 5. The summed E-state index contributed by atoms with van der Waals surface area (Å²) in [6.45, 7) is 3.56. The quantitative estimate of drug-likeness (QED) is 0.660. The molecule has 116 valence electrons. The van der Waals surface area contributed by atoms with Gasteiger partial charge in [-0.3, -0.25) is 9.59 Å². The van der Waals surface area contributed by atoms with Crippen LogP contribution in [-0.4, -0.2) is 30.4 Å². The Hall–Kier alpha value is -0.930. The van der Waals surface area contributed by atoms with Crippen LogP contribution in [0.3, 0.4) is 0 Å². The van der Waals surface area contributed by atoms with Crippen LogP contribution in [0.1, 0.15) is 28.6 Å². The van der Waals surface area contributed by atoms with Gasteiger partial charge in [0, 0.05) is 4.47 Å². The number of nitrogens with one attached hydrogen (secondary N) is 1. The van der Waals surface area contributed by atoms with Gasteiger partial charge in [-0.2, -0.15) is 0 Å². The Morgan fingerprint density at radius 3 is 2.43 bits per heavy atom. The van der Waals surface area contributed by atoms with Crippen molar-refractivity contribution in [2.75, 3.05) is 6.61 Å². The van der Waals surface area contributed by atoms with E-state index in [9.17, 15) is 14.4 Å². The first-order chi connectivity index (χ1) is 9.77. The molecule has 0 spiro atoms.